The number of hydrogen-bond acceptors (Lipinski definition) is 8. The number of benzene rings is 2. The summed E-state index contributed by atoms with van der Waals surface area (Å²) < 4.78 is 23.0. The van der Waals surface area contributed by atoms with Gasteiger partial charge in [0, 0.05) is 11.1 Å². The van der Waals surface area contributed by atoms with Gasteiger partial charge in [-0.2, -0.15) is 0 Å². The van der Waals surface area contributed by atoms with Crippen molar-refractivity contribution in [3.05, 3.63) is 89.6 Å². The number of rotatable bonds is 6. The van der Waals surface area contributed by atoms with Gasteiger partial charge in [0.05, 0.1) is 6.33 Å². The molecule has 2 N–H and O–H groups in total. The lowest BCUT2D eigenvalue weighted by molar-refractivity contribution is -0.0907. The van der Waals surface area contributed by atoms with Crippen molar-refractivity contribution in [3.63, 3.8) is 0 Å². The lowest BCUT2D eigenvalue weighted by Gasteiger charge is -2.30. The summed E-state index contributed by atoms with van der Waals surface area (Å²) in [5.41, 5.74) is -2.61. The number of carbonyl (C=O) groups is 2. The molecule has 0 saturated carbocycles. The summed E-state index contributed by atoms with van der Waals surface area (Å²) in [6, 6.07) is 15.3. The molecule has 0 spiro atoms. The molecular formula is C24H18ClFN4O5. The number of ketones is 2. The van der Waals surface area contributed by atoms with Crippen molar-refractivity contribution in [1.29, 1.82) is 0 Å². The summed E-state index contributed by atoms with van der Waals surface area (Å²) in [5, 5.41) is 22.5. The van der Waals surface area contributed by atoms with Gasteiger partial charge >= 0.3 is 0 Å². The summed E-state index contributed by atoms with van der Waals surface area (Å²) in [5.74, 6) is -1.89. The standard InChI is InChI=1S/C24H18ClFN4O5/c25-21-15-22(28-11-27-21)30(12-29-15)23-18(26)24(34,19(33)14-9-5-2-6-10-14)20(35-23)17(32)16(31)13-7-3-1-4-8-13/h1-12,17-18,20,23,32,34H/t17?,18-,20+,23+,24+/m0/s1. The number of hydrogen-bond donors (Lipinski definition) is 2. The zero-order valence-corrected chi connectivity index (χ0v) is 18.7. The van der Waals surface area contributed by atoms with Gasteiger partial charge in [-0.15, -0.1) is 0 Å². The minimum atomic E-state index is -2.91. The number of halogens is 2. The second kappa shape index (κ2) is 8.90. The number of Topliss-reactive ketones (excluding diaryl/α,β-unsaturated/α-hetero) is 2. The van der Waals surface area contributed by atoms with Crippen LogP contribution in [0.4, 0.5) is 4.39 Å². The van der Waals surface area contributed by atoms with Crippen LogP contribution in [0.5, 0.6) is 0 Å². The third-order valence-electron chi connectivity index (χ3n) is 5.99. The molecule has 1 saturated heterocycles. The lowest BCUT2D eigenvalue weighted by atomic mass is 9.81. The van der Waals surface area contributed by atoms with Crippen molar-refractivity contribution in [2.45, 2.75) is 30.2 Å². The number of ether oxygens (including phenoxy) is 1. The first kappa shape index (κ1) is 23.2. The fourth-order valence-corrected chi connectivity index (χ4v) is 4.39. The van der Waals surface area contributed by atoms with Crippen LogP contribution < -0.4 is 0 Å². The molecule has 1 aliphatic rings. The van der Waals surface area contributed by atoms with Crippen LogP contribution in [0.15, 0.2) is 73.3 Å². The SMILES string of the molecule is O=C(c1ccccc1)C(O)[C@H]1O[C@@H](n2cnc3c(Cl)ncnc32)[C@H](F)[C@@]1(O)C(=O)c1ccccc1. The van der Waals surface area contributed by atoms with Crippen molar-refractivity contribution in [2.24, 2.45) is 0 Å². The van der Waals surface area contributed by atoms with E-state index in [0.29, 0.717) is 0 Å². The molecule has 5 rings (SSSR count). The van der Waals surface area contributed by atoms with Crippen molar-refractivity contribution in [3.8, 4) is 0 Å². The Labute approximate surface area is 202 Å². The Morgan fingerprint density at radius 3 is 2.31 bits per heavy atom. The highest BCUT2D eigenvalue weighted by Crippen LogP contribution is 2.44. The average Bonchev–Trinajstić information content (AvgIpc) is 3.44. The first-order valence-corrected chi connectivity index (χ1v) is 10.9. The Hall–Kier alpha value is -3.57. The number of aliphatic hydroxyl groups excluding tert-OH is 1. The van der Waals surface area contributed by atoms with E-state index in [-0.39, 0.29) is 27.4 Å². The van der Waals surface area contributed by atoms with Gasteiger partial charge < -0.3 is 14.9 Å². The summed E-state index contributed by atoms with van der Waals surface area (Å²) in [7, 11) is 0. The maximum absolute atomic E-state index is 16.1. The Balaban J connectivity index is 1.60. The maximum Gasteiger partial charge on any atom is 0.200 e. The molecule has 9 nitrogen and oxygen atoms in total. The summed E-state index contributed by atoms with van der Waals surface area (Å²) >= 11 is 6.04. The topological polar surface area (TPSA) is 127 Å². The third kappa shape index (κ3) is 3.71. The van der Waals surface area contributed by atoms with Gasteiger partial charge in [0.15, 0.2) is 40.4 Å². The van der Waals surface area contributed by atoms with Gasteiger partial charge in [-0.1, -0.05) is 72.3 Å². The molecule has 1 unspecified atom stereocenters. The molecule has 0 amide bonds. The molecule has 178 valence electrons. The molecule has 2 aromatic heterocycles. The van der Waals surface area contributed by atoms with Gasteiger partial charge in [0.2, 0.25) is 0 Å². The molecule has 0 bridgehead atoms. The van der Waals surface area contributed by atoms with Crippen molar-refractivity contribution >= 4 is 34.3 Å². The number of carbonyl (C=O) groups excluding carboxylic acids is 2. The summed E-state index contributed by atoms with van der Waals surface area (Å²) in [6.07, 6.45) is -5.78. The Bertz CT molecular complexity index is 1400. The highest BCUT2D eigenvalue weighted by Gasteiger charge is 2.65. The van der Waals surface area contributed by atoms with E-state index in [0.717, 1.165) is 10.9 Å². The van der Waals surface area contributed by atoms with E-state index in [2.05, 4.69) is 15.0 Å². The number of nitrogens with zero attached hydrogens (tertiary/aromatic N) is 4. The second-order valence-corrected chi connectivity index (χ2v) is 8.39. The van der Waals surface area contributed by atoms with Gasteiger partial charge in [-0.25, -0.2) is 19.3 Å². The molecule has 2 aromatic carbocycles. The van der Waals surface area contributed by atoms with Crippen LogP contribution in [0.2, 0.25) is 5.15 Å². The van der Waals surface area contributed by atoms with Crippen molar-refractivity contribution in [1.82, 2.24) is 19.5 Å². The van der Waals surface area contributed by atoms with Crippen LogP contribution in [-0.4, -0.2) is 65.3 Å². The molecule has 35 heavy (non-hydrogen) atoms. The largest absolute Gasteiger partial charge is 0.382 e. The van der Waals surface area contributed by atoms with Crippen LogP contribution in [-0.2, 0) is 4.74 Å². The average molecular weight is 497 g/mol. The predicted octanol–water partition coefficient (Wildman–Crippen LogP) is 2.57. The molecule has 4 aromatic rings. The molecule has 1 fully saturated rings. The monoisotopic (exact) mass is 496 g/mol. The smallest absolute Gasteiger partial charge is 0.200 e. The van der Waals surface area contributed by atoms with Crippen molar-refractivity contribution < 1.29 is 28.9 Å². The van der Waals surface area contributed by atoms with E-state index < -0.39 is 41.8 Å². The minimum absolute atomic E-state index is 0.00798. The van der Waals surface area contributed by atoms with Crippen LogP contribution >= 0.6 is 11.6 Å². The third-order valence-corrected chi connectivity index (χ3v) is 6.27. The van der Waals surface area contributed by atoms with Crippen LogP contribution in [0.1, 0.15) is 26.9 Å². The van der Waals surface area contributed by atoms with Crippen molar-refractivity contribution in [2.75, 3.05) is 0 Å². The molecule has 5 atom stereocenters. The van der Waals surface area contributed by atoms with Gasteiger partial charge in [-0.3, -0.25) is 14.2 Å². The number of fused-ring (bicyclic) bond motifs is 1. The molecule has 1 aliphatic heterocycles. The Morgan fingerprint density at radius 1 is 1.03 bits per heavy atom. The molecule has 11 heteroatoms. The van der Waals surface area contributed by atoms with E-state index in [1.54, 1.807) is 36.4 Å². The number of alkyl halides is 1. The summed E-state index contributed by atoms with van der Waals surface area (Å²) in [4.78, 5) is 38.4. The fourth-order valence-electron chi connectivity index (χ4n) is 4.21. The first-order valence-electron chi connectivity index (χ1n) is 10.6. The highest BCUT2D eigenvalue weighted by molar-refractivity contribution is 6.33. The first-order chi connectivity index (χ1) is 16.8. The quantitative estimate of drug-likeness (QED) is 0.308. The van der Waals surface area contributed by atoms with Gasteiger partial charge in [0.25, 0.3) is 0 Å². The van der Waals surface area contributed by atoms with Gasteiger partial charge in [-0.05, 0) is 0 Å². The molecule has 3 heterocycles. The number of imidazole rings is 1. The van der Waals surface area contributed by atoms with E-state index in [9.17, 15) is 19.8 Å². The van der Waals surface area contributed by atoms with E-state index >= 15 is 4.39 Å². The van der Waals surface area contributed by atoms with E-state index in [1.807, 2.05) is 0 Å². The fraction of sp³-hybridized carbons (Fsp3) is 0.208. The molecule has 0 aliphatic carbocycles. The number of aliphatic hydroxyl groups is 2. The second-order valence-electron chi connectivity index (χ2n) is 8.03. The Morgan fingerprint density at radius 2 is 1.66 bits per heavy atom. The summed E-state index contributed by atoms with van der Waals surface area (Å²) in [6.45, 7) is 0. The zero-order chi connectivity index (χ0) is 24.7. The predicted molar refractivity (Wildman–Crippen MR) is 122 cm³/mol. The minimum Gasteiger partial charge on any atom is -0.382 e. The van der Waals surface area contributed by atoms with Crippen LogP contribution in [0, 0.1) is 0 Å². The highest BCUT2D eigenvalue weighted by atomic mass is 35.5. The maximum atomic E-state index is 16.1. The Kier molecular flexibility index (Phi) is 5.89. The van der Waals surface area contributed by atoms with Gasteiger partial charge in [0.1, 0.15) is 24.1 Å². The molecular weight excluding hydrogens is 479 g/mol. The normalized spacial score (nSPS) is 25.0. The van der Waals surface area contributed by atoms with Crippen LogP contribution in [0.3, 0.4) is 0 Å². The zero-order valence-electron chi connectivity index (χ0n) is 17.9. The molecule has 0 radical (unpaired) electrons. The van der Waals surface area contributed by atoms with E-state index in [1.165, 1.54) is 30.6 Å². The van der Waals surface area contributed by atoms with Crippen LogP contribution in [0.25, 0.3) is 11.2 Å². The van der Waals surface area contributed by atoms with E-state index in [4.69, 9.17) is 16.3 Å². The number of aromatic nitrogens is 4. The lowest BCUT2D eigenvalue weighted by Crippen LogP contribution is -2.58.